The highest BCUT2D eigenvalue weighted by Crippen LogP contribution is 2.51. The van der Waals surface area contributed by atoms with Crippen LogP contribution in [0.5, 0.6) is 0 Å². The van der Waals surface area contributed by atoms with Crippen molar-refractivity contribution in [2.45, 2.75) is 82.0 Å². The third-order valence-electron chi connectivity index (χ3n) is 4.70. The summed E-state index contributed by atoms with van der Waals surface area (Å²) in [7, 11) is 0. The standard InChI is InChI=1S/C14H22F4/c15-12-9-5-6-10-13(16,14(12,17)18)11-7-3-1-2-4-8-11/h11-12H,1-10H2. The third kappa shape index (κ3) is 2.39. The second-order valence-corrected chi connectivity index (χ2v) is 5.89. The van der Waals surface area contributed by atoms with E-state index in [9.17, 15) is 17.6 Å². The largest absolute Gasteiger partial charge is 0.312 e. The minimum absolute atomic E-state index is 0.176. The minimum atomic E-state index is -3.81. The van der Waals surface area contributed by atoms with Crippen LogP contribution < -0.4 is 0 Å². The van der Waals surface area contributed by atoms with E-state index in [1.54, 1.807) is 0 Å². The molecule has 2 unspecified atom stereocenters. The van der Waals surface area contributed by atoms with E-state index in [-0.39, 0.29) is 12.8 Å². The maximum absolute atomic E-state index is 14.9. The molecular formula is C14H22F4. The Balaban J connectivity index is 2.23. The van der Waals surface area contributed by atoms with Crippen LogP contribution in [0.4, 0.5) is 17.6 Å². The SMILES string of the molecule is FC1CCCCC(F)(C2CCCCCC2)C1(F)F. The first kappa shape index (κ1) is 14.1. The molecule has 0 amide bonds. The van der Waals surface area contributed by atoms with E-state index in [2.05, 4.69) is 0 Å². The normalized spacial score (nSPS) is 39.0. The monoisotopic (exact) mass is 266 g/mol. The van der Waals surface area contributed by atoms with Crippen molar-refractivity contribution in [1.82, 2.24) is 0 Å². The lowest BCUT2D eigenvalue weighted by atomic mass is 9.76. The lowest BCUT2D eigenvalue weighted by molar-refractivity contribution is -0.202. The van der Waals surface area contributed by atoms with Crippen molar-refractivity contribution in [3.63, 3.8) is 0 Å². The molecule has 0 radical (unpaired) electrons. The topological polar surface area (TPSA) is 0 Å². The third-order valence-corrected chi connectivity index (χ3v) is 4.70. The predicted octanol–water partition coefficient (Wildman–Crippen LogP) is 5.21. The molecule has 0 aromatic heterocycles. The van der Waals surface area contributed by atoms with Crippen molar-refractivity contribution in [3.05, 3.63) is 0 Å². The number of hydrogen-bond donors (Lipinski definition) is 0. The van der Waals surface area contributed by atoms with Crippen LogP contribution in [-0.4, -0.2) is 17.8 Å². The van der Waals surface area contributed by atoms with Gasteiger partial charge in [-0.2, -0.15) is 8.78 Å². The first-order valence-corrected chi connectivity index (χ1v) is 7.19. The zero-order valence-electron chi connectivity index (χ0n) is 10.7. The molecule has 18 heavy (non-hydrogen) atoms. The summed E-state index contributed by atoms with van der Waals surface area (Å²) in [5, 5.41) is 0. The van der Waals surface area contributed by atoms with Crippen LogP contribution in [0.2, 0.25) is 0 Å². The molecule has 0 nitrogen and oxygen atoms in total. The predicted molar refractivity (Wildman–Crippen MR) is 63.3 cm³/mol. The highest BCUT2D eigenvalue weighted by Gasteiger charge is 2.63. The van der Waals surface area contributed by atoms with Crippen LogP contribution in [0.15, 0.2) is 0 Å². The van der Waals surface area contributed by atoms with Gasteiger partial charge in [0.2, 0.25) is 0 Å². The first-order valence-electron chi connectivity index (χ1n) is 7.19. The molecule has 2 aliphatic rings. The highest BCUT2D eigenvalue weighted by atomic mass is 19.3. The van der Waals surface area contributed by atoms with Crippen molar-refractivity contribution >= 4 is 0 Å². The van der Waals surface area contributed by atoms with Gasteiger partial charge in [0, 0.05) is 0 Å². The van der Waals surface area contributed by atoms with Gasteiger partial charge in [0.15, 0.2) is 11.8 Å². The summed E-state index contributed by atoms with van der Waals surface area (Å²) in [6.45, 7) is 0. The van der Waals surface area contributed by atoms with E-state index in [4.69, 9.17) is 0 Å². The van der Waals surface area contributed by atoms with E-state index in [1.165, 1.54) is 0 Å². The Hall–Kier alpha value is -0.280. The minimum Gasteiger partial charge on any atom is -0.241 e. The van der Waals surface area contributed by atoms with Gasteiger partial charge in [-0.15, -0.1) is 0 Å². The molecule has 4 heteroatoms. The number of rotatable bonds is 1. The molecule has 2 saturated carbocycles. The molecule has 0 spiro atoms. The second-order valence-electron chi connectivity index (χ2n) is 5.89. The van der Waals surface area contributed by atoms with Crippen LogP contribution in [0, 0.1) is 5.92 Å². The quantitative estimate of drug-likeness (QED) is 0.451. The van der Waals surface area contributed by atoms with E-state index < -0.39 is 23.7 Å². The molecule has 2 aliphatic carbocycles. The molecule has 0 aromatic rings. The van der Waals surface area contributed by atoms with Gasteiger partial charge in [-0.3, -0.25) is 0 Å². The molecular weight excluding hydrogens is 244 g/mol. The number of hydrogen-bond acceptors (Lipinski definition) is 0. The molecule has 0 aromatic carbocycles. The van der Waals surface area contributed by atoms with E-state index in [0.29, 0.717) is 25.7 Å². The summed E-state index contributed by atoms with van der Waals surface area (Å²) in [5.74, 6) is -4.47. The van der Waals surface area contributed by atoms with Crippen LogP contribution in [-0.2, 0) is 0 Å². The summed E-state index contributed by atoms with van der Waals surface area (Å²) in [6, 6.07) is 0. The lowest BCUT2D eigenvalue weighted by Gasteiger charge is -2.39. The van der Waals surface area contributed by atoms with Gasteiger partial charge >= 0.3 is 5.92 Å². The van der Waals surface area contributed by atoms with Crippen LogP contribution in [0.1, 0.15) is 64.2 Å². The van der Waals surface area contributed by atoms with Crippen molar-refractivity contribution in [1.29, 1.82) is 0 Å². The van der Waals surface area contributed by atoms with Gasteiger partial charge in [-0.25, -0.2) is 8.78 Å². The Morgan fingerprint density at radius 1 is 0.722 bits per heavy atom. The molecule has 0 heterocycles. The van der Waals surface area contributed by atoms with Gasteiger partial charge in [-0.1, -0.05) is 32.1 Å². The summed E-state index contributed by atoms with van der Waals surface area (Å²) >= 11 is 0. The fourth-order valence-electron chi connectivity index (χ4n) is 3.53. The molecule has 0 N–H and O–H groups in total. The Kier molecular flexibility index (Phi) is 4.22. The van der Waals surface area contributed by atoms with Gasteiger partial charge < -0.3 is 0 Å². The molecule has 2 fully saturated rings. The number of alkyl halides is 4. The average Bonchev–Trinajstić information content (AvgIpc) is 2.66. The Morgan fingerprint density at radius 2 is 1.28 bits per heavy atom. The summed E-state index contributed by atoms with van der Waals surface area (Å²) < 4.78 is 56.7. The second kappa shape index (κ2) is 5.38. The first-order chi connectivity index (χ1) is 8.48. The van der Waals surface area contributed by atoms with Crippen molar-refractivity contribution in [2.24, 2.45) is 5.92 Å². The van der Waals surface area contributed by atoms with E-state index in [0.717, 1.165) is 25.7 Å². The molecule has 0 aliphatic heterocycles. The average molecular weight is 266 g/mol. The van der Waals surface area contributed by atoms with Gasteiger partial charge in [-0.05, 0) is 38.0 Å². The molecule has 106 valence electrons. The van der Waals surface area contributed by atoms with Crippen LogP contribution in [0.3, 0.4) is 0 Å². The fraction of sp³-hybridized carbons (Fsp3) is 1.00. The fourth-order valence-corrected chi connectivity index (χ4v) is 3.53. The molecule has 0 bridgehead atoms. The lowest BCUT2D eigenvalue weighted by Crippen LogP contribution is -2.54. The van der Waals surface area contributed by atoms with Crippen LogP contribution in [0.25, 0.3) is 0 Å². The zero-order valence-corrected chi connectivity index (χ0v) is 10.7. The maximum Gasteiger partial charge on any atom is 0.312 e. The Labute approximate surface area is 106 Å². The molecule has 2 rings (SSSR count). The summed E-state index contributed by atoms with van der Waals surface area (Å²) in [5.41, 5.74) is -2.62. The van der Waals surface area contributed by atoms with Crippen molar-refractivity contribution < 1.29 is 17.6 Å². The number of halogens is 4. The van der Waals surface area contributed by atoms with E-state index in [1.807, 2.05) is 0 Å². The maximum atomic E-state index is 14.9. The highest BCUT2D eigenvalue weighted by molar-refractivity contribution is 5.04. The van der Waals surface area contributed by atoms with Gasteiger partial charge in [0.25, 0.3) is 0 Å². The Bertz CT molecular complexity index is 271. The van der Waals surface area contributed by atoms with Crippen LogP contribution >= 0.6 is 0 Å². The van der Waals surface area contributed by atoms with Crippen molar-refractivity contribution in [3.8, 4) is 0 Å². The molecule has 0 saturated heterocycles. The summed E-state index contributed by atoms with van der Waals surface area (Å²) in [4.78, 5) is 0. The molecule has 2 atom stereocenters. The Morgan fingerprint density at radius 3 is 1.89 bits per heavy atom. The van der Waals surface area contributed by atoms with Gasteiger partial charge in [0.1, 0.15) is 0 Å². The van der Waals surface area contributed by atoms with Crippen molar-refractivity contribution in [2.75, 3.05) is 0 Å². The summed E-state index contributed by atoms with van der Waals surface area (Å²) in [6.07, 6.45) is 2.58. The zero-order chi connectivity index (χ0) is 13.2. The smallest absolute Gasteiger partial charge is 0.241 e. The van der Waals surface area contributed by atoms with Gasteiger partial charge in [0.05, 0.1) is 0 Å². The van der Waals surface area contributed by atoms with E-state index >= 15 is 0 Å².